The van der Waals surface area contributed by atoms with E-state index in [1.54, 1.807) is 0 Å². The maximum atomic E-state index is 2.50. The molecular formula is C12H24. The summed E-state index contributed by atoms with van der Waals surface area (Å²) in [5.41, 5.74) is 0.670. The van der Waals surface area contributed by atoms with Crippen LogP contribution in [0.15, 0.2) is 0 Å². The van der Waals surface area contributed by atoms with E-state index in [9.17, 15) is 0 Å². The molecule has 1 aliphatic rings. The Morgan fingerprint density at radius 3 is 2.17 bits per heavy atom. The summed E-state index contributed by atoms with van der Waals surface area (Å²) < 4.78 is 0. The van der Waals surface area contributed by atoms with Gasteiger partial charge in [-0.3, -0.25) is 0 Å². The van der Waals surface area contributed by atoms with Crippen molar-refractivity contribution in [1.82, 2.24) is 0 Å². The predicted octanol–water partition coefficient (Wildman–Crippen LogP) is 4.10. The Balaban J connectivity index is 2.60. The summed E-state index contributed by atoms with van der Waals surface area (Å²) in [6.45, 7) is 12.0. The minimum absolute atomic E-state index is 0.670. The maximum absolute atomic E-state index is 2.50. The molecule has 1 saturated carbocycles. The molecular weight excluding hydrogens is 144 g/mol. The Kier molecular flexibility index (Phi) is 2.85. The van der Waals surface area contributed by atoms with Crippen LogP contribution in [0.5, 0.6) is 0 Å². The first-order valence-corrected chi connectivity index (χ1v) is 5.52. The third-order valence-corrected chi connectivity index (χ3v) is 4.38. The van der Waals surface area contributed by atoms with E-state index in [-0.39, 0.29) is 0 Å². The van der Waals surface area contributed by atoms with Crippen molar-refractivity contribution < 1.29 is 0 Å². The lowest BCUT2D eigenvalue weighted by Gasteiger charge is -2.53. The van der Waals surface area contributed by atoms with Crippen LogP contribution < -0.4 is 0 Å². The fourth-order valence-corrected chi connectivity index (χ4v) is 2.94. The maximum Gasteiger partial charge on any atom is -0.0269 e. The highest BCUT2D eigenvalue weighted by atomic mass is 14.5. The Morgan fingerprint density at radius 1 is 1.33 bits per heavy atom. The standard InChI is InChI=1S/C12H24/c1-6-10(4)12(5)8-7-11(12)9(2)3/h9-11H,6-8H2,1-5H3. The lowest BCUT2D eigenvalue weighted by Crippen LogP contribution is -2.45. The van der Waals surface area contributed by atoms with E-state index in [4.69, 9.17) is 0 Å². The molecule has 0 aromatic heterocycles. The molecule has 3 unspecified atom stereocenters. The molecule has 1 fully saturated rings. The van der Waals surface area contributed by atoms with E-state index in [2.05, 4.69) is 34.6 Å². The SMILES string of the molecule is CCC(C)C1(C)CCC1C(C)C. The molecule has 0 saturated heterocycles. The molecule has 0 aromatic carbocycles. The molecule has 0 heteroatoms. The van der Waals surface area contributed by atoms with Gasteiger partial charge in [0.1, 0.15) is 0 Å². The van der Waals surface area contributed by atoms with E-state index in [1.807, 2.05) is 0 Å². The van der Waals surface area contributed by atoms with Crippen molar-refractivity contribution in [3.8, 4) is 0 Å². The molecule has 3 atom stereocenters. The van der Waals surface area contributed by atoms with Gasteiger partial charge in [0.15, 0.2) is 0 Å². The zero-order chi connectivity index (χ0) is 9.35. The van der Waals surface area contributed by atoms with E-state index >= 15 is 0 Å². The van der Waals surface area contributed by atoms with Crippen LogP contribution in [-0.4, -0.2) is 0 Å². The van der Waals surface area contributed by atoms with Crippen molar-refractivity contribution in [2.24, 2.45) is 23.2 Å². The summed E-state index contributed by atoms with van der Waals surface area (Å²) in [6, 6.07) is 0. The molecule has 1 rings (SSSR count). The zero-order valence-electron chi connectivity index (χ0n) is 9.35. The molecule has 1 aliphatic carbocycles. The van der Waals surface area contributed by atoms with Gasteiger partial charge >= 0.3 is 0 Å². The van der Waals surface area contributed by atoms with Gasteiger partial charge in [-0.05, 0) is 36.0 Å². The summed E-state index contributed by atoms with van der Waals surface area (Å²) in [6.07, 6.45) is 4.28. The molecule has 0 bridgehead atoms. The molecule has 72 valence electrons. The van der Waals surface area contributed by atoms with Crippen molar-refractivity contribution in [3.63, 3.8) is 0 Å². The van der Waals surface area contributed by atoms with Gasteiger partial charge in [-0.25, -0.2) is 0 Å². The third kappa shape index (κ3) is 1.41. The average molecular weight is 168 g/mol. The van der Waals surface area contributed by atoms with Crippen LogP contribution >= 0.6 is 0 Å². The van der Waals surface area contributed by atoms with Crippen LogP contribution in [0.4, 0.5) is 0 Å². The van der Waals surface area contributed by atoms with Gasteiger partial charge in [0.25, 0.3) is 0 Å². The van der Waals surface area contributed by atoms with Crippen LogP contribution in [0.3, 0.4) is 0 Å². The normalized spacial score (nSPS) is 38.0. The molecule has 12 heavy (non-hydrogen) atoms. The second-order valence-corrected chi connectivity index (χ2v) is 5.20. The van der Waals surface area contributed by atoms with Crippen molar-refractivity contribution in [1.29, 1.82) is 0 Å². The van der Waals surface area contributed by atoms with E-state index < -0.39 is 0 Å². The summed E-state index contributed by atoms with van der Waals surface area (Å²) >= 11 is 0. The largest absolute Gasteiger partial charge is 0.0651 e. The Bertz CT molecular complexity index is 148. The first-order chi connectivity index (χ1) is 5.52. The lowest BCUT2D eigenvalue weighted by atomic mass is 9.52. The molecule has 0 spiro atoms. The van der Waals surface area contributed by atoms with Gasteiger partial charge in [0.2, 0.25) is 0 Å². The van der Waals surface area contributed by atoms with Gasteiger partial charge in [0.05, 0.1) is 0 Å². The summed E-state index contributed by atoms with van der Waals surface area (Å²) in [5.74, 6) is 2.80. The zero-order valence-corrected chi connectivity index (χ0v) is 9.35. The molecule has 0 aromatic rings. The summed E-state index contributed by atoms with van der Waals surface area (Å²) in [5, 5.41) is 0. The van der Waals surface area contributed by atoms with E-state index in [1.165, 1.54) is 19.3 Å². The Hall–Kier alpha value is 0. The second-order valence-electron chi connectivity index (χ2n) is 5.20. The highest BCUT2D eigenvalue weighted by molar-refractivity contribution is 4.96. The second kappa shape index (κ2) is 3.40. The number of hydrogen-bond acceptors (Lipinski definition) is 0. The highest BCUT2D eigenvalue weighted by Gasteiger charge is 2.46. The minimum atomic E-state index is 0.670. The summed E-state index contributed by atoms with van der Waals surface area (Å²) in [4.78, 5) is 0. The van der Waals surface area contributed by atoms with Gasteiger partial charge < -0.3 is 0 Å². The van der Waals surface area contributed by atoms with Crippen LogP contribution in [0.1, 0.15) is 53.9 Å². The van der Waals surface area contributed by atoms with Crippen LogP contribution in [-0.2, 0) is 0 Å². The molecule has 0 nitrogen and oxygen atoms in total. The minimum Gasteiger partial charge on any atom is -0.0651 e. The fraction of sp³-hybridized carbons (Fsp3) is 1.00. The first kappa shape index (κ1) is 10.1. The van der Waals surface area contributed by atoms with Crippen LogP contribution in [0.25, 0.3) is 0 Å². The lowest BCUT2D eigenvalue weighted by molar-refractivity contribution is -0.0366. The van der Waals surface area contributed by atoms with E-state index in [0.717, 1.165) is 17.8 Å². The van der Waals surface area contributed by atoms with Gasteiger partial charge in [-0.1, -0.05) is 41.0 Å². The van der Waals surface area contributed by atoms with Gasteiger partial charge in [-0.2, -0.15) is 0 Å². The predicted molar refractivity (Wildman–Crippen MR) is 55.1 cm³/mol. The molecule has 0 radical (unpaired) electrons. The average Bonchev–Trinajstić information content (AvgIpc) is 1.98. The number of rotatable bonds is 3. The quantitative estimate of drug-likeness (QED) is 0.595. The Labute approximate surface area is 77.7 Å². The molecule has 0 heterocycles. The van der Waals surface area contributed by atoms with Gasteiger partial charge in [0, 0.05) is 0 Å². The monoisotopic (exact) mass is 168 g/mol. The van der Waals surface area contributed by atoms with Crippen LogP contribution in [0.2, 0.25) is 0 Å². The van der Waals surface area contributed by atoms with Crippen molar-refractivity contribution in [3.05, 3.63) is 0 Å². The molecule has 0 N–H and O–H groups in total. The van der Waals surface area contributed by atoms with Crippen molar-refractivity contribution >= 4 is 0 Å². The van der Waals surface area contributed by atoms with Crippen molar-refractivity contribution in [2.45, 2.75) is 53.9 Å². The molecule has 0 aliphatic heterocycles. The highest BCUT2D eigenvalue weighted by Crippen LogP contribution is 2.55. The topological polar surface area (TPSA) is 0 Å². The van der Waals surface area contributed by atoms with Gasteiger partial charge in [-0.15, -0.1) is 0 Å². The third-order valence-electron chi connectivity index (χ3n) is 4.38. The van der Waals surface area contributed by atoms with Crippen LogP contribution in [0, 0.1) is 23.2 Å². The summed E-state index contributed by atoms with van der Waals surface area (Å²) in [7, 11) is 0. The van der Waals surface area contributed by atoms with E-state index in [0.29, 0.717) is 5.41 Å². The molecule has 0 amide bonds. The first-order valence-electron chi connectivity index (χ1n) is 5.52. The Morgan fingerprint density at radius 2 is 1.92 bits per heavy atom. The fourth-order valence-electron chi connectivity index (χ4n) is 2.94. The smallest absolute Gasteiger partial charge is 0.0269 e. The number of hydrogen-bond donors (Lipinski definition) is 0. The van der Waals surface area contributed by atoms with Crippen molar-refractivity contribution in [2.75, 3.05) is 0 Å².